The highest BCUT2D eigenvalue weighted by molar-refractivity contribution is 5.74. The van der Waals surface area contributed by atoms with Gasteiger partial charge in [-0.15, -0.1) is 0 Å². The largest absolute Gasteiger partial charge is 0.462 e. The zero-order chi connectivity index (χ0) is 39.8. The summed E-state index contributed by atoms with van der Waals surface area (Å²) in [6.45, 7) is 15.3. The van der Waals surface area contributed by atoms with Gasteiger partial charge in [0.1, 0.15) is 24.4 Å². The predicted molar refractivity (Wildman–Crippen MR) is 203 cm³/mol. The second-order valence-corrected chi connectivity index (χ2v) is 17.2. The molecule has 0 aromatic heterocycles. The van der Waals surface area contributed by atoms with Crippen LogP contribution in [0.1, 0.15) is 152 Å². The van der Waals surface area contributed by atoms with E-state index in [2.05, 4.69) is 0 Å². The smallest absolute Gasteiger partial charge is 0.311 e. The molecule has 5 aliphatic rings. The highest BCUT2D eigenvalue weighted by Crippen LogP contribution is 2.35. The van der Waals surface area contributed by atoms with Crippen LogP contribution in [0.3, 0.4) is 0 Å². The van der Waals surface area contributed by atoms with Gasteiger partial charge in [-0.05, 0) is 105 Å². The van der Waals surface area contributed by atoms with Crippen LogP contribution in [0.4, 0.5) is 0 Å². The van der Waals surface area contributed by atoms with E-state index in [-0.39, 0.29) is 97.1 Å². The number of rotatable bonds is 3. The quantitative estimate of drug-likeness (QED) is 0.211. The second-order valence-electron chi connectivity index (χ2n) is 17.2. The summed E-state index contributed by atoms with van der Waals surface area (Å²) in [6.07, 6.45) is 7.47. The van der Waals surface area contributed by atoms with E-state index in [0.717, 1.165) is 51.4 Å². The molecule has 5 heterocycles. The fraction of sp³-hybridized carbons (Fsp3) is 0.907. The monoisotopic (exact) mass is 778 g/mol. The van der Waals surface area contributed by atoms with Crippen molar-refractivity contribution < 1.29 is 57.1 Å². The van der Waals surface area contributed by atoms with Crippen molar-refractivity contribution in [1.29, 1.82) is 0 Å². The van der Waals surface area contributed by atoms with Crippen LogP contribution >= 0.6 is 0 Å². The lowest BCUT2D eigenvalue weighted by atomic mass is 9.99. The Bertz CT molecular complexity index is 1270. The molecule has 5 saturated heterocycles. The molecule has 0 radical (unpaired) electrons. The first-order valence-corrected chi connectivity index (χ1v) is 21.7. The van der Waals surface area contributed by atoms with Gasteiger partial charge in [0.15, 0.2) is 0 Å². The molecule has 0 aromatic carbocycles. The molecule has 314 valence electrons. The van der Waals surface area contributed by atoms with Gasteiger partial charge in [0.05, 0.1) is 72.5 Å². The molecule has 16 atom stereocenters. The SMILES string of the molecule is CC[C@H]1CC2CC[C@@H](O2)[C@@H](C)C(=O)O[C@H](CC)C[C@H]2CC[C@H](O2)[C@H](C)C(=O)O[C@@H](C)C[C@@H]2CC[C@@H](O2)[C@@H](C)C(=O)O[C@H](CC)C[C@H]2CC[C@H](O2)[C@H](C)C(=O)O1. The van der Waals surface area contributed by atoms with Crippen LogP contribution in [0.25, 0.3) is 0 Å². The molecule has 1 unspecified atom stereocenters. The van der Waals surface area contributed by atoms with Gasteiger partial charge in [-0.3, -0.25) is 19.2 Å². The van der Waals surface area contributed by atoms with Crippen molar-refractivity contribution in [1.82, 2.24) is 0 Å². The number of hydrogen-bond donors (Lipinski definition) is 0. The molecule has 0 aromatic rings. The van der Waals surface area contributed by atoms with Crippen molar-refractivity contribution in [2.45, 2.75) is 225 Å². The Morgan fingerprint density at radius 1 is 0.382 bits per heavy atom. The Morgan fingerprint density at radius 3 is 0.909 bits per heavy atom. The summed E-state index contributed by atoms with van der Waals surface area (Å²) in [5, 5.41) is 0. The van der Waals surface area contributed by atoms with Crippen molar-refractivity contribution in [3.63, 3.8) is 0 Å². The molecule has 0 spiro atoms. The van der Waals surface area contributed by atoms with Gasteiger partial charge in [-0.1, -0.05) is 20.8 Å². The van der Waals surface area contributed by atoms with E-state index in [1.54, 1.807) is 0 Å². The highest BCUT2D eigenvalue weighted by Gasteiger charge is 2.41. The van der Waals surface area contributed by atoms with Crippen LogP contribution in [0.2, 0.25) is 0 Å². The molecule has 55 heavy (non-hydrogen) atoms. The normalized spacial score (nSPS) is 43.4. The minimum Gasteiger partial charge on any atom is -0.462 e. The Kier molecular flexibility index (Phi) is 16.3. The van der Waals surface area contributed by atoms with E-state index in [1.807, 2.05) is 55.4 Å². The maximum atomic E-state index is 13.4. The van der Waals surface area contributed by atoms with Gasteiger partial charge in [-0.25, -0.2) is 0 Å². The van der Waals surface area contributed by atoms with Crippen LogP contribution in [-0.2, 0) is 57.1 Å². The molecule has 0 saturated carbocycles. The lowest BCUT2D eigenvalue weighted by Gasteiger charge is -2.27. The van der Waals surface area contributed by atoms with Crippen LogP contribution < -0.4 is 0 Å². The van der Waals surface area contributed by atoms with E-state index in [0.29, 0.717) is 44.9 Å². The van der Waals surface area contributed by atoms with Crippen LogP contribution in [0.5, 0.6) is 0 Å². The highest BCUT2D eigenvalue weighted by atomic mass is 16.6. The van der Waals surface area contributed by atoms with Crippen LogP contribution in [0, 0.1) is 23.7 Å². The zero-order valence-corrected chi connectivity index (χ0v) is 34.7. The minimum atomic E-state index is -0.435. The average molecular weight is 779 g/mol. The van der Waals surface area contributed by atoms with Crippen molar-refractivity contribution in [2.24, 2.45) is 23.7 Å². The molecule has 5 rings (SSSR count). The van der Waals surface area contributed by atoms with Gasteiger partial charge < -0.3 is 37.9 Å². The number of cyclic esters (lactones) is 4. The maximum absolute atomic E-state index is 13.4. The first-order valence-electron chi connectivity index (χ1n) is 21.7. The summed E-state index contributed by atoms with van der Waals surface area (Å²) in [7, 11) is 0. The zero-order valence-electron chi connectivity index (χ0n) is 34.7. The van der Waals surface area contributed by atoms with Crippen LogP contribution in [-0.4, -0.2) is 97.1 Å². The molecular weight excluding hydrogens is 708 g/mol. The Balaban J connectivity index is 1.23. The Labute approximate surface area is 329 Å². The van der Waals surface area contributed by atoms with E-state index in [4.69, 9.17) is 37.9 Å². The topological polar surface area (TPSA) is 142 Å². The van der Waals surface area contributed by atoms with Gasteiger partial charge in [0.2, 0.25) is 0 Å². The van der Waals surface area contributed by atoms with Crippen molar-refractivity contribution in [2.75, 3.05) is 0 Å². The Hall–Kier alpha value is -2.28. The number of fused-ring (bicyclic) bond motifs is 8. The van der Waals surface area contributed by atoms with Gasteiger partial charge in [-0.2, -0.15) is 0 Å². The summed E-state index contributed by atoms with van der Waals surface area (Å²) in [5.41, 5.74) is 0. The third-order valence-corrected chi connectivity index (χ3v) is 13.0. The van der Waals surface area contributed by atoms with Crippen molar-refractivity contribution >= 4 is 23.9 Å². The average Bonchev–Trinajstić information content (AvgIpc) is 4.01. The summed E-state index contributed by atoms with van der Waals surface area (Å²) in [6, 6.07) is 0. The van der Waals surface area contributed by atoms with Gasteiger partial charge in [0.25, 0.3) is 0 Å². The lowest BCUT2D eigenvalue weighted by Crippen LogP contribution is -2.34. The van der Waals surface area contributed by atoms with Crippen LogP contribution in [0.15, 0.2) is 0 Å². The molecular formula is C43H70O12. The first-order chi connectivity index (χ1) is 26.3. The van der Waals surface area contributed by atoms with Gasteiger partial charge >= 0.3 is 23.9 Å². The fourth-order valence-electron chi connectivity index (χ4n) is 9.02. The standard InChI is InChI=1S/C43H70O12/c1-9-29-21-33-13-17-36(50-33)25(5)40(44)48-24(4)20-32-12-16-37(49-32)26(6)41(45)53-30(10-2)22-34-14-18-39(51-34)28(8)43(47)55-31(11-3)23-35-15-19-38(52-35)27(7)42(46)54-29/h24-39H,9-23H2,1-8H3/t24-,25-,26+,27+,28-,29+,30+,31-,32-,33+,34+,35?,36-,37+,38+,39-/m0/s1. The molecule has 0 aliphatic carbocycles. The number of carbonyl (C=O) groups is 4. The van der Waals surface area contributed by atoms with E-state index < -0.39 is 23.7 Å². The van der Waals surface area contributed by atoms with Crippen molar-refractivity contribution in [3.8, 4) is 0 Å². The minimum absolute atomic E-state index is 0.116. The summed E-state index contributed by atoms with van der Waals surface area (Å²) in [4.78, 5) is 53.2. The maximum Gasteiger partial charge on any atom is 0.311 e. The Morgan fingerprint density at radius 2 is 0.636 bits per heavy atom. The molecule has 5 fully saturated rings. The summed E-state index contributed by atoms with van der Waals surface area (Å²) >= 11 is 0. The van der Waals surface area contributed by atoms with E-state index in [1.165, 1.54) is 0 Å². The number of carbonyl (C=O) groups excluding carboxylic acids is 4. The van der Waals surface area contributed by atoms with Gasteiger partial charge in [0, 0.05) is 25.7 Å². The summed E-state index contributed by atoms with van der Waals surface area (Å²) < 4.78 is 49.3. The van der Waals surface area contributed by atoms with E-state index in [9.17, 15) is 19.2 Å². The first kappa shape index (κ1) is 43.8. The molecule has 12 heteroatoms. The number of esters is 4. The van der Waals surface area contributed by atoms with E-state index >= 15 is 0 Å². The number of ether oxygens (including phenoxy) is 8. The molecule has 5 aliphatic heterocycles. The molecule has 0 N–H and O–H groups in total. The predicted octanol–water partition coefficient (Wildman–Crippen LogP) is 7.19. The molecule has 0 amide bonds. The third-order valence-electron chi connectivity index (χ3n) is 13.0. The molecule has 8 bridgehead atoms. The number of hydrogen-bond acceptors (Lipinski definition) is 12. The second kappa shape index (κ2) is 20.4. The summed E-state index contributed by atoms with van der Waals surface area (Å²) in [5.74, 6) is -2.86. The lowest BCUT2D eigenvalue weighted by molar-refractivity contribution is -0.162. The van der Waals surface area contributed by atoms with Crippen molar-refractivity contribution in [3.05, 3.63) is 0 Å². The third kappa shape index (κ3) is 11.9. The fourth-order valence-corrected chi connectivity index (χ4v) is 9.02. The molecule has 12 nitrogen and oxygen atoms in total.